The van der Waals surface area contributed by atoms with Crippen molar-refractivity contribution in [3.63, 3.8) is 0 Å². The van der Waals surface area contributed by atoms with E-state index in [4.69, 9.17) is 0 Å². The van der Waals surface area contributed by atoms with Gasteiger partial charge in [0.25, 0.3) is 0 Å². The molecule has 3 heteroatoms. The molecule has 0 bridgehead atoms. The molecule has 0 aliphatic carbocycles. The van der Waals surface area contributed by atoms with Crippen LogP contribution in [0.25, 0.3) is 0 Å². The Kier molecular flexibility index (Phi) is 4.70. The number of hydrogen-bond donors (Lipinski definition) is 1. The van der Waals surface area contributed by atoms with Gasteiger partial charge in [-0.25, -0.2) is 0 Å². The lowest BCUT2D eigenvalue weighted by atomic mass is 10.1. The van der Waals surface area contributed by atoms with Crippen molar-refractivity contribution in [3.8, 4) is 0 Å². The Bertz CT molecular complexity index is 617. The third kappa shape index (κ3) is 3.45. The van der Waals surface area contributed by atoms with E-state index in [0.717, 1.165) is 10.9 Å². The molecule has 0 radical (unpaired) electrons. The van der Waals surface area contributed by atoms with E-state index in [-0.39, 0.29) is 11.2 Å². The van der Waals surface area contributed by atoms with E-state index in [1.165, 1.54) is 0 Å². The third-order valence-corrected chi connectivity index (χ3v) is 7.41. The summed E-state index contributed by atoms with van der Waals surface area (Å²) < 4.78 is 13.7. The van der Waals surface area contributed by atoms with Gasteiger partial charge in [0.05, 0.1) is 0 Å². The van der Waals surface area contributed by atoms with Crippen LogP contribution in [-0.2, 0) is 4.57 Å². The Balaban J connectivity index is 2.37. The zero-order valence-corrected chi connectivity index (χ0v) is 14.1. The molecule has 2 nitrogen and oxygen atoms in total. The number of nitrogens with one attached hydrogen (secondary N) is 1. The minimum atomic E-state index is -2.73. The number of rotatable bonds is 4. The van der Waals surface area contributed by atoms with Gasteiger partial charge in [-0.2, -0.15) is 0 Å². The maximum Gasteiger partial charge on any atom is 0.181 e. The molecule has 2 atom stereocenters. The SMILES string of the molecule is C[C@@H](N[P@@](=O)(c1ccccc1)C(C)(C)C)c1ccccc1. The van der Waals surface area contributed by atoms with Gasteiger partial charge in [-0.3, -0.25) is 5.09 Å². The van der Waals surface area contributed by atoms with Crippen molar-refractivity contribution < 1.29 is 4.57 Å². The highest BCUT2D eigenvalue weighted by Gasteiger charge is 2.39. The van der Waals surface area contributed by atoms with Gasteiger partial charge in [0.1, 0.15) is 0 Å². The Hall–Kier alpha value is -1.37. The standard InChI is InChI=1S/C18H24NOP/c1-15(16-11-7-5-8-12-16)19-21(20,18(2,3)4)17-13-9-6-10-14-17/h5-15H,1-4H3,(H,19,20)/t15-,21-/m1/s1. The van der Waals surface area contributed by atoms with E-state index in [9.17, 15) is 4.57 Å². The van der Waals surface area contributed by atoms with Crippen molar-refractivity contribution in [2.75, 3.05) is 0 Å². The smallest absolute Gasteiger partial charge is 0.181 e. The summed E-state index contributed by atoms with van der Waals surface area (Å²) in [5.74, 6) is 0. The molecule has 0 fully saturated rings. The van der Waals surface area contributed by atoms with Gasteiger partial charge in [0.15, 0.2) is 7.29 Å². The molecular weight excluding hydrogens is 277 g/mol. The van der Waals surface area contributed by atoms with Crippen LogP contribution in [0.3, 0.4) is 0 Å². The van der Waals surface area contributed by atoms with Crippen LogP contribution in [-0.4, -0.2) is 5.16 Å². The lowest BCUT2D eigenvalue weighted by molar-refractivity contribution is 0.533. The Morgan fingerprint density at radius 2 is 1.38 bits per heavy atom. The van der Waals surface area contributed by atoms with E-state index in [1.54, 1.807) is 0 Å². The van der Waals surface area contributed by atoms with Crippen molar-refractivity contribution in [2.24, 2.45) is 0 Å². The highest BCUT2D eigenvalue weighted by atomic mass is 31.2. The number of benzene rings is 2. The van der Waals surface area contributed by atoms with Crippen LogP contribution in [0.4, 0.5) is 0 Å². The van der Waals surface area contributed by atoms with Crippen LogP contribution >= 0.6 is 7.29 Å². The zero-order chi connectivity index (χ0) is 15.5. The van der Waals surface area contributed by atoms with Crippen molar-refractivity contribution in [3.05, 3.63) is 66.2 Å². The fraction of sp³-hybridized carbons (Fsp3) is 0.333. The van der Waals surface area contributed by atoms with E-state index < -0.39 is 7.29 Å². The second-order valence-electron chi connectivity index (χ2n) is 6.38. The summed E-state index contributed by atoms with van der Waals surface area (Å²) in [6.07, 6.45) is 0. The van der Waals surface area contributed by atoms with Crippen molar-refractivity contribution >= 4 is 12.6 Å². The predicted molar refractivity (Wildman–Crippen MR) is 91.4 cm³/mol. The molecule has 0 heterocycles. The Labute approximate surface area is 128 Å². The summed E-state index contributed by atoms with van der Waals surface area (Å²) >= 11 is 0. The molecule has 2 aromatic carbocycles. The van der Waals surface area contributed by atoms with Crippen molar-refractivity contribution in [1.82, 2.24) is 5.09 Å². The maximum absolute atomic E-state index is 13.7. The quantitative estimate of drug-likeness (QED) is 0.826. The molecule has 21 heavy (non-hydrogen) atoms. The van der Waals surface area contributed by atoms with E-state index >= 15 is 0 Å². The summed E-state index contributed by atoms with van der Waals surface area (Å²) in [6.45, 7) is 8.17. The average molecular weight is 301 g/mol. The highest BCUT2D eigenvalue weighted by Crippen LogP contribution is 2.54. The predicted octanol–water partition coefficient (Wildman–Crippen LogP) is 4.74. The first-order chi connectivity index (χ1) is 9.84. The van der Waals surface area contributed by atoms with Gasteiger partial charge in [-0.1, -0.05) is 81.4 Å². The topological polar surface area (TPSA) is 29.1 Å². The summed E-state index contributed by atoms with van der Waals surface area (Å²) in [5, 5.41) is 3.97. The molecule has 0 aliphatic heterocycles. The molecule has 2 rings (SSSR count). The Morgan fingerprint density at radius 3 is 1.86 bits per heavy atom. The second-order valence-corrected chi connectivity index (χ2v) is 9.71. The molecule has 0 unspecified atom stereocenters. The molecule has 0 saturated heterocycles. The molecule has 0 saturated carbocycles. The van der Waals surface area contributed by atoms with E-state index in [0.29, 0.717) is 0 Å². The minimum absolute atomic E-state index is 0.0384. The summed E-state index contributed by atoms with van der Waals surface area (Å²) in [5.41, 5.74) is 1.15. The van der Waals surface area contributed by atoms with Gasteiger partial charge in [0, 0.05) is 16.5 Å². The molecular formula is C18H24NOP. The minimum Gasteiger partial charge on any atom is -0.301 e. The fourth-order valence-electron chi connectivity index (χ4n) is 2.38. The largest absolute Gasteiger partial charge is 0.301 e. The molecule has 1 N–H and O–H groups in total. The summed E-state index contributed by atoms with van der Waals surface area (Å²) in [6, 6.07) is 19.9. The normalized spacial score (nSPS) is 16.2. The lowest BCUT2D eigenvalue weighted by Gasteiger charge is -2.34. The van der Waals surface area contributed by atoms with Gasteiger partial charge in [-0.05, 0) is 12.5 Å². The Morgan fingerprint density at radius 1 is 0.905 bits per heavy atom. The number of hydrogen-bond acceptors (Lipinski definition) is 1. The van der Waals surface area contributed by atoms with Gasteiger partial charge in [-0.15, -0.1) is 0 Å². The van der Waals surface area contributed by atoms with Gasteiger partial charge in [0.2, 0.25) is 0 Å². The van der Waals surface area contributed by atoms with Crippen molar-refractivity contribution in [2.45, 2.75) is 38.9 Å². The summed E-state index contributed by atoms with van der Waals surface area (Å²) in [7, 11) is -2.73. The summed E-state index contributed by atoms with van der Waals surface area (Å²) in [4.78, 5) is 0. The molecule has 112 valence electrons. The molecule has 2 aromatic rings. The molecule has 0 aromatic heterocycles. The second kappa shape index (κ2) is 6.17. The lowest BCUT2D eigenvalue weighted by Crippen LogP contribution is -2.34. The zero-order valence-electron chi connectivity index (χ0n) is 13.2. The third-order valence-electron chi connectivity index (χ3n) is 3.74. The maximum atomic E-state index is 13.7. The fourth-order valence-corrected chi connectivity index (χ4v) is 4.98. The van der Waals surface area contributed by atoms with Crippen LogP contribution < -0.4 is 10.4 Å². The highest BCUT2D eigenvalue weighted by molar-refractivity contribution is 7.71. The van der Waals surface area contributed by atoms with Crippen LogP contribution in [0.1, 0.15) is 39.3 Å². The average Bonchev–Trinajstić information content (AvgIpc) is 2.47. The molecule has 0 amide bonds. The van der Waals surface area contributed by atoms with E-state index in [1.807, 2.05) is 69.3 Å². The first-order valence-corrected chi connectivity index (χ1v) is 9.04. The first-order valence-electron chi connectivity index (χ1n) is 7.33. The van der Waals surface area contributed by atoms with Crippen LogP contribution in [0.15, 0.2) is 60.7 Å². The van der Waals surface area contributed by atoms with Crippen LogP contribution in [0.2, 0.25) is 0 Å². The van der Waals surface area contributed by atoms with Crippen molar-refractivity contribution in [1.29, 1.82) is 0 Å². The first kappa shape index (κ1) is 16.0. The monoisotopic (exact) mass is 301 g/mol. The van der Waals surface area contributed by atoms with Crippen LogP contribution in [0, 0.1) is 0 Å². The van der Waals surface area contributed by atoms with Crippen LogP contribution in [0.5, 0.6) is 0 Å². The van der Waals surface area contributed by atoms with E-state index in [2.05, 4.69) is 24.1 Å². The van der Waals surface area contributed by atoms with Gasteiger partial charge < -0.3 is 4.57 Å². The molecule has 0 spiro atoms. The van der Waals surface area contributed by atoms with Gasteiger partial charge >= 0.3 is 0 Å². The molecule has 0 aliphatic rings.